The topological polar surface area (TPSA) is 135 Å². The number of rotatable bonds is 6. The first-order valence-electron chi connectivity index (χ1n) is 8.86. The highest BCUT2D eigenvalue weighted by Crippen LogP contribution is 2.29. The Morgan fingerprint density at radius 3 is 2.58 bits per heavy atom. The van der Waals surface area contributed by atoms with E-state index >= 15 is 0 Å². The number of hydrogen-bond acceptors (Lipinski definition) is 7. The number of amides is 1. The van der Waals surface area contributed by atoms with E-state index in [9.17, 15) is 19.7 Å². The summed E-state index contributed by atoms with van der Waals surface area (Å²) in [6.07, 6.45) is 1.34. The number of nitrogens with zero attached hydrogens (tertiary/aromatic N) is 2. The lowest BCUT2D eigenvalue weighted by Crippen LogP contribution is -2.15. The summed E-state index contributed by atoms with van der Waals surface area (Å²) < 4.78 is 6.39. The summed E-state index contributed by atoms with van der Waals surface area (Å²) in [5.74, 6) is -0.539. The number of carboxylic acids is 1. The second kappa shape index (κ2) is 8.20. The standard InChI is InChI=1S/C21H13N3O6S/c25-20(19-10-14-9-15(24(28)29)5-8-18(14)31-19)23-22-11-16-6-7-17(30-16)12-1-3-13(4-2-12)21(26)27/h1-11H,(H,23,25)(H,26,27). The first-order valence-corrected chi connectivity index (χ1v) is 9.67. The molecule has 9 nitrogen and oxygen atoms in total. The SMILES string of the molecule is O=C(O)c1ccc(-c2ccc(C=NNC(=O)c3cc4cc([N+](=O)[O-])ccc4s3)o2)cc1. The second-order valence-electron chi connectivity index (χ2n) is 6.37. The molecule has 2 aromatic heterocycles. The highest BCUT2D eigenvalue weighted by molar-refractivity contribution is 7.20. The van der Waals surface area contributed by atoms with Gasteiger partial charge in [-0.1, -0.05) is 12.1 Å². The minimum absolute atomic E-state index is 0.0403. The molecular formula is C21H13N3O6S. The first kappa shape index (κ1) is 20.0. The maximum atomic E-state index is 12.3. The van der Waals surface area contributed by atoms with Gasteiger partial charge in [-0.15, -0.1) is 11.3 Å². The number of thiophene rings is 1. The molecule has 0 saturated carbocycles. The number of nitrogens with one attached hydrogen (secondary N) is 1. The zero-order valence-corrected chi connectivity index (χ0v) is 16.5. The van der Waals surface area contributed by atoms with Crippen molar-refractivity contribution in [3.8, 4) is 11.3 Å². The summed E-state index contributed by atoms with van der Waals surface area (Å²) >= 11 is 1.20. The molecule has 0 aliphatic heterocycles. The number of aromatic carboxylic acids is 1. The van der Waals surface area contributed by atoms with Crippen LogP contribution in [0.5, 0.6) is 0 Å². The average Bonchev–Trinajstić information content (AvgIpc) is 3.40. The third-order valence-corrected chi connectivity index (χ3v) is 5.45. The maximum Gasteiger partial charge on any atom is 0.335 e. The third kappa shape index (κ3) is 4.33. The number of carbonyl (C=O) groups is 2. The number of fused-ring (bicyclic) bond motifs is 1. The van der Waals surface area contributed by atoms with E-state index in [1.807, 2.05) is 0 Å². The second-order valence-corrected chi connectivity index (χ2v) is 7.46. The van der Waals surface area contributed by atoms with Crippen LogP contribution < -0.4 is 5.43 Å². The lowest BCUT2D eigenvalue weighted by Gasteiger charge is -1.98. The minimum atomic E-state index is -1.01. The summed E-state index contributed by atoms with van der Waals surface area (Å²) in [4.78, 5) is 34.0. The van der Waals surface area contributed by atoms with Crippen molar-refractivity contribution in [1.82, 2.24) is 5.43 Å². The predicted octanol–water partition coefficient (Wildman–Crippen LogP) is 4.53. The molecule has 31 heavy (non-hydrogen) atoms. The Balaban J connectivity index is 1.43. The van der Waals surface area contributed by atoms with Crippen molar-refractivity contribution in [2.75, 3.05) is 0 Å². The van der Waals surface area contributed by atoms with Gasteiger partial charge in [0.05, 0.1) is 21.6 Å². The number of furan rings is 1. The van der Waals surface area contributed by atoms with Gasteiger partial charge in [-0.05, 0) is 36.4 Å². The zero-order chi connectivity index (χ0) is 22.0. The molecule has 4 aromatic rings. The minimum Gasteiger partial charge on any atom is -0.478 e. The van der Waals surface area contributed by atoms with Gasteiger partial charge in [-0.25, -0.2) is 10.2 Å². The highest BCUT2D eigenvalue weighted by Gasteiger charge is 2.13. The fourth-order valence-corrected chi connectivity index (χ4v) is 3.75. The van der Waals surface area contributed by atoms with Gasteiger partial charge in [-0.2, -0.15) is 5.10 Å². The largest absolute Gasteiger partial charge is 0.478 e. The first-order chi connectivity index (χ1) is 14.9. The third-order valence-electron chi connectivity index (χ3n) is 4.34. The van der Waals surface area contributed by atoms with Crippen LogP contribution in [0.3, 0.4) is 0 Å². The van der Waals surface area contributed by atoms with E-state index in [4.69, 9.17) is 9.52 Å². The number of hydrogen-bond donors (Lipinski definition) is 2. The molecule has 1 amide bonds. The molecule has 0 atom stereocenters. The van der Waals surface area contributed by atoms with Crippen LogP contribution in [0.25, 0.3) is 21.4 Å². The Morgan fingerprint density at radius 1 is 1.10 bits per heavy atom. The summed E-state index contributed by atoms with van der Waals surface area (Å²) in [6, 6.07) is 15.6. The maximum absolute atomic E-state index is 12.3. The van der Waals surface area contributed by atoms with Crippen LogP contribution in [-0.4, -0.2) is 28.1 Å². The summed E-state index contributed by atoms with van der Waals surface area (Å²) in [7, 11) is 0. The number of nitro groups is 1. The molecular weight excluding hydrogens is 422 g/mol. The van der Waals surface area contributed by atoms with E-state index in [0.717, 1.165) is 4.70 Å². The van der Waals surface area contributed by atoms with Crippen molar-refractivity contribution >= 4 is 45.2 Å². The number of benzene rings is 2. The van der Waals surface area contributed by atoms with E-state index in [2.05, 4.69) is 10.5 Å². The van der Waals surface area contributed by atoms with Crippen molar-refractivity contribution in [3.05, 3.63) is 87.0 Å². The highest BCUT2D eigenvalue weighted by atomic mass is 32.1. The van der Waals surface area contributed by atoms with Crippen LogP contribution in [0, 0.1) is 10.1 Å². The molecule has 0 fully saturated rings. The smallest absolute Gasteiger partial charge is 0.335 e. The molecule has 2 aromatic carbocycles. The van der Waals surface area contributed by atoms with Crippen molar-refractivity contribution in [3.63, 3.8) is 0 Å². The predicted molar refractivity (Wildman–Crippen MR) is 115 cm³/mol. The van der Waals surface area contributed by atoms with Crippen molar-refractivity contribution in [2.45, 2.75) is 0 Å². The molecule has 10 heteroatoms. The fourth-order valence-electron chi connectivity index (χ4n) is 2.82. The fraction of sp³-hybridized carbons (Fsp3) is 0. The van der Waals surface area contributed by atoms with Crippen LogP contribution in [0.1, 0.15) is 25.8 Å². The molecule has 0 bridgehead atoms. The molecule has 0 aliphatic carbocycles. The van der Waals surface area contributed by atoms with Gasteiger partial charge in [0.15, 0.2) is 0 Å². The molecule has 2 heterocycles. The molecule has 0 radical (unpaired) electrons. The van der Waals surface area contributed by atoms with E-state index in [-0.39, 0.29) is 11.3 Å². The number of carboxylic acid groups (broad SMARTS) is 1. The van der Waals surface area contributed by atoms with Gasteiger partial charge in [0, 0.05) is 27.8 Å². The van der Waals surface area contributed by atoms with Crippen molar-refractivity contribution < 1.29 is 24.0 Å². The molecule has 0 saturated heterocycles. The van der Waals surface area contributed by atoms with E-state index < -0.39 is 16.8 Å². The van der Waals surface area contributed by atoms with Gasteiger partial charge in [0.25, 0.3) is 11.6 Å². The molecule has 154 valence electrons. The van der Waals surface area contributed by atoms with E-state index in [0.29, 0.717) is 27.3 Å². The molecule has 0 spiro atoms. The average molecular weight is 435 g/mol. The zero-order valence-electron chi connectivity index (χ0n) is 15.6. The van der Waals surface area contributed by atoms with Crippen molar-refractivity contribution in [2.24, 2.45) is 5.10 Å². The number of non-ortho nitro benzene ring substituents is 1. The van der Waals surface area contributed by atoms with Gasteiger partial charge >= 0.3 is 5.97 Å². The van der Waals surface area contributed by atoms with Gasteiger partial charge in [0.2, 0.25) is 0 Å². The normalized spacial score (nSPS) is 11.1. The lowest BCUT2D eigenvalue weighted by molar-refractivity contribution is -0.384. The Morgan fingerprint density at radius 2 is 1.87 bits per heavy atom. The summed E-state index contributed by atoms with van der Waals surface area (Å²) in [5.41, 5.74) is 3.23. The van der Waals surface area contributed by atoms with Crippen molar-refractivity contribution in [1.29, 1.82) is 0 Å². The van der Waals surface area contributed by atoms with Crippen LogP contribution >= 0.6 is 11.3 Å². The summed E-state index contributed by atoms with van der Waals surface area (Å²) in [6.45, 7) is 0. The Hall–Kier alpha value is -4.31. The molecule has 4 rings (SSSR count). The lowest BCUT2D eigenvalue weighted by atomic mass is 10.1. The molecule has 0 aliphatic rings. The molecule has 2 N–H and O–H groups in total. The van der Waals surface area contributed by atoms with E-state index in [1.165, 1.54) is 41.8 Å². The Bertz CT molecular complexity index is 1340. The van der Waals surface area contributed by atoms with Crippen LogP contribution in [0.4, 0.5) is 5.69 Å². The Labute approximate surface area is 178 Å². The van der Waals surface area contributed by atoms with Gasteiger partial charge in [0.1, 0.15) is 11.5 Å². The van der Waals surface area contributed by atoms with Crippen LogP contribution in [0.15, 0.2) is 70.2 Å². The monoisotopic (exact) mass is 435 g/mol. The quantitative estimate of drug-likeness (QED) is 0.259. The number of hydrazone groups is 1. The molecule has 0 unspecified atom stereocenters. The number of nitro benzene ring substituents is 1. The van der Waals surface area contributed by atoms with E-state index in [1.54, 1.807) is 36.4 Å². The van der Waals surface area contributed by atoms with Crippen LogP contribution in [0.2, 0.25) is 0 Å². The van der Waals surface area contributed by atoms with Gasteiger partial charge in [-0.3, -0.25) is 14.9 Å². The van der Waals surface area contributed by atoms with Gasteiger partial charge < -0.3 is 9.52 Å². The number of carbonyl (C=O) groups excluding carboxylic acids is 1. The van der Waals surface area contributed by atoms with Crippen LogP contribution in [-0.2, 0) is 0 Å². The Kier molecular flexibility index (Phi) is 5.29. The summed E-state index contributed by atoms with van der Waals surface area (Å²) in [5, 5.41) is 24.3.